The molecule has 2 heterocycles. The lowest BCUT2D eigenvalue weighted by atomic mass is 9.95. The molecule has 2 N–H and O–H groups in total. The Balaban J connectivity index is 2.04. The number of hydrogen-bond acceptors (Lipinski definition) is 2. The molecule has 1 fully saturated rings. The smallest absolute Gasteiger partial charge is 0.267 e. The molecule has 0 spiro atoms. The highest BCUT2D eigenvalue weighted by Crippen LogP contribution is 2.26. The third-order valence-electron chi connectivity index (χ3n) is 4.44. The number of amides is 1. The Bertz CT molecular complexity index is 866. The molecular weight excluding hydrogens is 336 g/mol. The van der Waals surface area contributed by atoms with Crippen LogP contribution in [0.15, 0.2) is 47.3 Å². The highest BCUT2D eigenvalue weighted by molar-refractivity contribution is 6.30. The van der Waals surface area contributed by atoms with Crippen molar-refractivity contribution >= 4 is 23.1 Å². The number of halogens is 1. The van der Waals surface area contributed by atoms with Crippen molar-refractivity contribution in [1.29, 1.82) is 0 Å². The number of nitrogens with one attached hydrogen (secondary N) is 2. The molecule has 0 radical (unpaired) electrons. The van der Waals surface area contributed by atoms with Crippen molar-refractivity contribution in [3.8, 4) is 0 Å². The van der Waals surface area contributed by atoms with Gasteiger partial charge in [0, 0.05) is 23.7 Å². The Labute approximate surface area is 151 Å². The van der Waals surface area contributed by atoms with E-state index in [0.29, 0.717) is 18.0 Å². The van der Waals surface area contributed by atoms with Gasteiger partial charge in [-0.15, -0.1) is 0 Å². The number of aromatic nitrogens is 1. The summed E-state index contributed by atoms with van der Waals surface area (Å²) < 4.78 is 0. The second-order valence-corrected chi connectivity index (χ2v) is 7.03. The number of carbonyl (C=O) groups excluding carboxylic acids is 1. The highest BCUT2D eigenvalue weighted by Gasteiger charge is 2.20. The molecule has 1 aliphatic heterocycles. The molecule has 1 aliphatic rings. The van der Waals surface area contributed by atoms with Crippen molar-refractivity contribution in [2.24, 2.45) is 0 Å². The summed E-state index contributed by atoms with van der Waals surface area (Å²) >= 11 is 5.86. The lowest BCUT2D eigenvalue weighted by Crippen LogP contribution is -2.23. The summed E-state index contributed by atoms with van der Waals surface area (Å²) in [6.07, 6.45) is 3.29. The Morgan fingerprint density at radius 3 is 2.44 bits per heavy atom. The second kappa shape index (κ2) is 7.28. The summed E-state index contributed by atoms with van der Waals surface area (Å²) in [7, 11) is 0. The zero-order valence-corrected chi connectivity index (χ0v) is 15.1. The first-order chi connectivity index (χ1) is 11.9. The first kappa shape index (κ1) is 17.5. The third kappa shape index (κ3) is 4.02. The van der Waals surface area contributed by atoms with Gasteiger partial charge in [0.2, 0.25) is 5.91 Å². The van der Waals surface area contributed by atoms with Gasteiger partial charge in [0.05, 0.1) is 0 Å². The number of carbonyl (C=O) groups is 1. The van der Waals surface area contributed by atoms with Gasteiger partial charge >= 0.3 is 0 Å². The molecule has 1 saturated heterocycles. The van der Waals surface area contributed by atoms with E-state index in [4.69, 9.17) is 11.6 Å². The number of pyridine rings is 1. The molecule has 5 heteroatoms. The summed E-state index contributed by atoms with van der Waals surface area (Å²) in [5.74, 6) is 0.506. The number of rotatable bonds is 4. The topological polar surface area (TPSA) is 62.0 Å². The fraction of sp³-hybridized carbons (Fsp3) is 0.300. The molecule has 4 nitrogen and oxygen atoms in total. The van der Waals surface area contributed by atoms with Crippen molar-refractivity contribution < 1.29 is 4.79 Å². The Kier molecular flexibility index (Phi) is 5.09. The van der Waals surface area contributed by atoms with E-state index in [1.54, 1.807) is 12.1 Å². The maximum atomic E-state index is 11.9. The van der Waals surface area contributed by atoms with E-state index in [9.17, 15) is 9.59 Å². The van der Waals surface area contributed by atoms with E-state index in [2.05, 4.69) is 36.3 Å². The lowest BCUT2D eigenvalue weighted by molar-refractivity contribution is -0.119. The third-order valence-corrected chi connectivity index (χ3v) is 4.73. The summed E-state index contributed by atoms with van der Waals surface area (Å²) in [6, 6.07) is 11.6. The molecule has 0 unspecified atom stereocenters. The van der Waals surface area contributed by atoms with Gasteiger partial charge in [-0.05, 0) is 35.6 Å². The van der Waals surface area contributed by atoms with Crippen molar-refractivity contribution in [2.45, 2.75) is 38.6 Å². The maximum absolute atomic E-state index is 11.9. The van der Waals surface area contributed by atoms with Gasteiger partial charge in [-0.2, -0.15) is 0 Å². The number of aromatic amines is 1. The van der Waals surface area contributed by atoms with Crippen LogP contribution in [0.3, 0.4) is 0 Å². The van der Waals surface area contributed by atoms with E-state index in [1.807, 2.05) is 18.2 Å². The second-order valence-electron chi connectivity index (χ2n) is 6.62. The highest BCUT2D eigenvalue weighted by atomic mass is 35.5. The van der Waals surface area contributed by atoms with Crippen molar-refractivity contribution in [1.82, 2.24) is 10.3 Å². The zero-order valence-electron chi connectivity index (χ0n) is 14.3. The van der Waals surface area contributed by atoms with E-state index >= 15 is 0 Å². The summed E-state index contributed by atoms with van der Waals surface area (Å²) in [4.78, 5) is 26.3. The van der Waals surface area contributed by atoms with Crippen LogP contribution in [0.1, 0.15) is 49.4 Å². The average molecular weight is 357 g/mol. The number of H-pyrrole nitrogens is 1. The molecule has 130 valence electrons. The first-order valence-corrected chi connectivity index (χ1v) is 8.82. The van der Waals surface area contributed by atoms with Crippen LogP contribution in [0.25, 0.3) is 5.57 Å². The summed E-state index contributed by atoms with van der Waals surface area (Å²) in [5.41, 5.74) is 3.49. The molecule has 0 saturated carbocycles. The Morgan fingerprint density at radius 1 is 1.16 bits per heavy atom. The van der Waals surface area contributed by atoms with E-state index in [1.165, 1.54) is 5.56 Å². The summed E-state index contributed by atoms with van der Waals surface area (Å²) in [5, 5.41) is 3.11. The molecule has 1 atom stereocenters. The number of benzene rings is 1. The van der Waals surface area contributed by atoms with Crippen LogP contribution in [-0.4, -0.2) is 16.9 Å². The van der Waals surface area contributed by atoms with Crippen LogP contribution < -0.4 is 10.9 Å². The van der Waals surface area contributed by atoms with Crippen LogP contribution in [0.4, 0.5) is 0 Å². The predicted octanol–water partition coefficient (Wildman–Crippen LogP) is 3.86. The quantitative estimate of drug-likeness (QED) is 0.873. The minimum Gasteiger partial charge on any atom is -0.350 e. The normalized spacial score (nSPS) is 17.8. The fourth-order valence-corrected chi connectivity index (χ4v) is 3.08. The fourth-order valence-electron chi connectivity index (χ4n) is 2.97. The van der Waals surface area contributed by atoms with Gasteiger partial charge < -0.3 is 10.3 Å². The molecule has 2 aromatic rings. The minimum absolute atomic E-state index is 0.0357. The van der Waals surface area contributed by atoms with Crippen LogP contribution in [0.2, 0.25) is 5.02 Å². The van der Waals surface area contributed by atoms with Crippen LogP contribution >= 0.6 is 11.6 Å². The molecule has 0 bridgehead atoms. The van der Waals surface area contributed by atoms with E-state index in [-0.39, 0.29) is 22.5 Å². The average Bonchev–Trinajstić information content (AvgIpc) is 3.00. The van der Waals surface area contributed by atoms with Gasteiger partial charge in [-0.1, -0.05) is 55.8 Å². The summed E-state index contributed by atoms with van der Waals surface area (Å²) in [6.45, 7) is 4.30. The van der Waals surface area contributed by atoms with Crippen molar-refractivity contribution in [3.05, 3.63) is 74.7 Å². The lowest BCUT2D eigenvalue weighted by Gasteiger charge is -2.13. The molecular formula is C20H21ClN2O2. The largest absolute Gasteiger partial charge is 0.350 e. The molecule has 3 rings (SSSR count). The van der Waals surface area contributed by atoms with Crippen molar-refractivity contribution in [2.75, 3.05) is 0 Å². The minimum atomic E-state index is -0.320. The molecule has 25 heavy (non-hydrogen) atoms. The zero-order chi connectivity index (χ0) is 18.0. The van der Waals surface area contributed by atoms with Crippen LogP contribution in [0.5, 0.6) is 0 Å². The van der Waals surface area contributed by atoms with Crippen molar-refractivity contribution in [3.63, 3.8) is 0 Å². The van der Waals surface area contributed by atoms with E-state index in [0.717, 1.165) is 17.6 Å². The van der Waals surface area contributed by atoms with Gasteiger partial charge in [-0.25, -0.2) is 0 Å². The molecule has 1 amide bonds. The Hall–Kier alpha value is -2.33. The van der Waals surface area contributed by atoms with Gasteiger partial charge in [0.15, 0.2) is 0 Å². The molecule has 0 aliphatic carbocycles. The van der Waals surface area contributed by atoms with Crippen LogP contribution in [0, 0.1) is 0 Å². The standard InChI is InChI=1S/C20H21ClN2O2/c1-12(2)13-3-5-14(6-4-13)16(11-15-7-10-19(24)22-15)18-9-8-17(21)20(25)23-18/h3-6,8-9,11-12,15H,7,10H2,1-2H3,(H,22,24)(H,23,25)/b16-11-/t15-/m1/s1. The predicted molar refractivity (Wildman–Crippen MR) is 101 cm³/mol. The first-order valence-electron chi connectivity index (χ1n) is 8.45. The van der Waals surface area contributed by atoms with Gasteiger partial charge in [0.25, 0.3) is 5.56 Å². The monoisotopic (exact) mass is 356 g/mol. The van der Waals surface area contributed by atoms with Gasteiger partial charge in [0.1, 0.15) is 5.02 Å². The van der Waals surface area contributed by atoms with Crippen LogP contribution in [-0.2, 0) is 4.79 Å². The SMILES string of the molecule is CC(C)c1ccc(/C(=C/[C@H]2CCC(=O)N2)c2ccc(Cl)c(=O)[nH]2)cc1. The Morgan fingerprint density at radius 2 is 1.88 bits per heavy atom. The molecule has 1 aromatic carbocycles. The van der Waals surface area contributed by atoms with E-state index < -0.39 is 0 Å². The van der Waals surface area contributed by atoms with Gasteiger partial charge in [-0.3, -0.25) is 9.59 Å². The number of hydrogen-bond donors (Lipinski definition) is 2. The maximum Gasteiger partial charge on any atom is 0.267 e. The molecule has 1 aromatic heterocycles.